The molecule has 1 N–H and O–H groups in total. The van der Waals surface area contributed by atoms with Crippen LogP contribution in [0.3, 0.4) is 0 Å². The first-order chi connectivity index (χ1) is 20.6. The summed E-state index contributed by atoms with van der Waals surface area (Å²) in [5.74, 6) is -0.957. The van der Waals surface area contributed by atoms with Crippen molar-refractivity contribution in [2.75, 3.05) is 0 Å². The molecule has 0 aliphatic carbocycles. The van der Waals surface area contributed by atoms with Gasteiger partial charge in [0.1, 0.15) is 6.10 Å². The number of aliphatic carboxylic acids is 1. The number of unbranched alkanes of at least 4 members (excludes halogenated alkanes) is 21. The van der Waals surface area contributed by atoms with Gasteiger partial charge in [-0.15, -0.1) is 0 Å². The number of hydrogen-bond acceptors (Lipinski definition) is 3. The lowest BCUT2D eigenvalue weighted by atomic mass is 10.0. The van der Waals surface area contributed by atoms with Crippen molar-refractivity contribution in [2.45, 2.75) is 206 Å². The van der Waals surface area contributed by atoms with E-state index in [4.69, 9.17) is 9.84 Å². The maximum atomic E-state index is 12.4. The minimum atomic E-state index is -0.813. The lowest BCUT2D eigenvalue weighted by Crippen LogP contribution is -2.19. The van der Waals surface area contributed by atoms with Crippen LogP contribution in [0, 0.1) is 0 Å². The standard InChI is InChI=1S/C38H70O4/c1-3-5-7-9-11-13-14-15-16-17-18-19-20-21-22-23-24-25-27-29-31-33-38(41)42-36(34-35-37(39)40)32-30-28-26-12-10-8-6-4-2/h11,13,15-16,36H,3-10,12,14,17-35H2,1-2H3,(H,39,40)/b13-11-,16-15-. The van der Waals surface area contributed by atoms with Crippen LogP contribution in [0.2, 0.25) is 0 Å². The fourth-order valence-electron chi connectivity index (χ4n) is 5.44. The maximum absolute atomic E-state index is 12.4. The predicted molar refractivity (Wildman–Crippen MR) is 181 cm³/mol. The molecule has 246 valence electrons. The van der Waals surface area contributed by atoms with Gasteiger partial charge >= 0.3 is 11.9 Å². The lowest BCUT2D eigenvalue weighted by Gasteiger charge is -2.17. The molecule has 0 bridgehead atoms. The Labute approximate surface area is 261 Å². The molecule has 1 unspecified atom stereocenters. The highest BCUT2D eigenvalue weighted by atomic mass is 16.5. The molecule has 0 aromatic rings. The van der Waals surface area contributed by atoms with E-state index >= 15 is 0 Å². The Morgan fingerprint density at radius 1 is 0.524 bits per heavy atom. The van der Waals surface area contributed by atoms with E-state index in [9.17, 15) is 9.59 Å². The number of hydrogen-bond donors (Lipinski definition) is 1. The van der Waals surface area contributed by atoms with E-state index in [2.05, 4.69) is 38.2 Å². The second-order valence-corrected chi connectivity index (χ2v) is 12.4. The third-order valence-corrected chi connectivity index (χ3v) is 8.19. The molecule has 0 aliphatic rings. The lowest BCUT2D eigenvalue weighted by molar-refractivity contribution is -0.151. The Balaban J connectivity index is 3.63. The van der Waals surface area contributed by atoms with Crippen molar-refractivity contribution >= 4 is 11.9 Å². The number of rotatable bonds is 33. The molecule has 4 heteroatoms. The van der Waals surface area contributed by atoms with Crippen molar-refractivity contribution in [3.05, 3.63) is 24.3 Å². The molecule has 0 saturated heterocycles. The van der Waals surface area contributed by atoms with Crippen molar-refractivity contribution in [2.24, 2.45) is 0 Å². The molecule has 0 fully saturated rings. The minimum Gasteiger partial charge on any atom is -0.481 e. The summed E-state index contributed by atoms with van der Waals surface area (Å²) in [5.41, 5.74) is 0. The van der Waals surface area contributed by atoms with Gasteiger partial charge in [-0.2, -0.15) is 0 Å². The first-order valence-corrected chi connectivity index (χ1v) is 18.3. The molecule has 0 saturated carbocycles. The van der Waals surface area contributed by atoms with Crippen LogP contribution < -0.4 is 0 Å². The normalized spacial score (nSPS) is 12.4. The topological polar surface area (TPSA) is 63.6 Å². The van der Waals surface area contributed by atoms with E-state index in [-0.39, 0.29) is 18.5 Å². The molecule has 0 amide bonds. The highest BCUT2D eigenvalue weighted by molar-refractivity contribution is 5.69. The molecule has 4 nitrogen and oxygen atoms in total. The molecule has 0 aromatic heterocycles. The van der Waals surface area contributed by atoms with Gasteiger partial charge in [-0.05, 0) is 57.8 Å². The predicted octanol–water partition coefficient (Wildman–Crippen LogP) is 12.4. The summed E-state index contributed by atoms with van der Waals surface area (Å²) in [4.78, 5) is 23.4. The first kappa shape index (κ1) is 40.4. The van der Waals surface area contributed by atoms with Crippen molar-refractivity contribution in [1.29, 1.82) is 0 Å². The number of carboxylic acid groups (broad SMARTS) is 1. The van der Waals surface area contributed by atoms with Gasteiger partial charge in [-0.3, -0.25) is 9.59 Å². The minimum absolute atomic E-state index is 0.0731. The summed E-state index contributed by atoms with van der Waals surface area (Å²) >= 11 is 0. The fourth-order valence-corrected chi connectivity index (χ4v) is 5.44. The maximum Gasteiger partial charge on any atom is 0.306 e. The van der Waals surface area contributed by atoms with Gasteiger partial charge in [0.25, 0.3) is 0 Å². The Kier molecular flexibility index (Phi) is 32.6. The van der Waals surface area contributed by atoms with E-state index in [1.807, 2.05) is 0 Å². The van der Waals surface area contributed by atoms with E-state index in [1.54, 1.807) is 0 Å². The van der Waals surface area contributed by atoms with Crippen LogP contribution in [-0.2, 0) is 14.3 Å². The largest absolute Gasteiger partial charge is 0.481 e. The Hall–Kier alpha value is -1.58. The highest BCUT2D eigenvalue weighted by Gasteiger charge is 2.15. The number of carboxylic acids is 1. The summed E-state index contributed by atoms with van der Waals surface area (Å²) in [6.07, 6.45) is 42.0. The number of allylic oxidation sites excluding steroid dienone is 4. The van der Waals surface area contributed by atoms with Crippen molar-refractivity contribution < 1.29 is 19.4 Å². The highest BCUT2D eigenvalue weighted by Crippen LogP contribution is 2.17. The number of carbonyl (C=O) groups excluding carboxylic acids is 1. The smallest absolute Gasteiger partial charge is 0.306 e. The zero-order valence-electron chi connectivity index (χ0n) is 28.1. The van der Waals surface area contributed by atoms with E-state index < -0.39 is 5.97 Å². The van der Waals surface area contributed by atoms with E-state index in [0.717, 1.165) is 38.5 Å². The summed E-state index contributed by atoms with van der Waals surface area (Å²) in [6, 6.07) is 0. The van der Waals surface area contributed by atoms with Crippen LogP contribution >= 0.6 is 0 Å². The second-order valence-electron chi connectivity index (χ2n) is 12.4. The Bertz CT molecular complexity index is 639. The first-order valence-electron chi connectivity index (χ1n) is 18.3. The quantitative estimate of drug-likeness (QED) is 0.0469. The van der Waals surface area contributed by atoms with Crippen LogP contribution in [0.15, 0.2) is 24.3 Å². The summed E-state index contributed by atoms with van der Waals surface area (Å²) in [6.45, 7) is 4.49. The summed E-state index contributed by atoms with van der Waals surface area (Å²) in [5, 5.41) is 9.05. The van der Waals surface area contributed by atoms with Gasteiger partial charge in [0.05, 0.1) is 0 Å². The average molecular weight is 591 g/mol. The number of ether oxygens (including phenoxy) is 1. The number of esters is 1. The van der Waals surface area contributed by atoms with Crippen LogP contribution in [0.25, 0.3) is 0 Å². The molecule has 0 spiro atoms. The van der Waals surface area contributed by atoms with Crippen molar-refractivity contribution in [3.63, 3.8) is 0 Å². The van der Waals surface area contributed by atoms with Crippen LogP contribution in [-0.4, -0.2) is 23.1 Å². The van der Waals surface area contributed by atoms with Crippen LogP contribution in [0.5, 0.6) is 0 Å². The molecular weight excluding hydrogens is 520 g/mol. The monoisotopic (exact) mass is 591 g/mol. The van der Waals surface area contributed by atoms with Crippen molar-refractivity contribution in [3.8, 4) is 0 Å². The van der Waals surface area contributed by atoms with Gasteiger partial charge in [0.15, 0.2) is 0 Å². The fraction of sp³-hybridized carbons (Fsp3) is 0.842. The molecule has 0 aliphatic heterocycles. The van der Waals surface area contributed by atoms with E-state index in [1.165, 1.54) is 128 Å². The van der Waals surface area contributed by atoms with Gasteiger partial charge in [-0.1, -0.05) is 154 Å². The molecule has 1 atom stereocenters. The summed E-state index contributed by atoms with van der Waals surface area (Å²) < 4.78 is 5.70. The second kappa shape index (κ2) is 33.9. The zero-order chi connectivity index (χ0) is 30.8. The molecule has 42 heavy (non-hydrogen) atoms. The van der Waals surface area contributed by atoms with Gasteiger partial charge in [0.2, 0.25) is 0 Å². The SMILES string of the molecule is CCCCC/C=C\C/C=C\CCCCCCCCCCCCCC(=O)OC(CCCCCCCCCC)CCC(=O)O. The Morgan fingerprint density at radius 3 is 1.48 bits per heavy atom. The summed E-state index contributed by atoms with van der Waals surface area (Å²) in [7, 11) is 0. The molecule has 0 heterocycles. The Morgan fingerprint density at radius 2 is 0.952 bits per heavy atom. The molecular formula is C38H70O4. The third kappa shape index (κ3) is 32.9. The van der Waals surface area contributed by atoms with Crippen molar-refractivity contribution in [1.82, 2.24) is 0 Å². The third-order valence-electron chi connectivity index (χ3n) is 8.19. The molecule has 0 radical (unpaired) electrons. The van der Waals surface area contributed by atoms with E-state index in [0.29, 0.717) is 12.8 Å². The zero-order valence-corrected chi connectivity index (χ0v) is 28.1. The van der Waals surface area contributed by atoms with Gasteiger partial charge in [-0.25, -0.2) is 0 Å². The van der Waals surface area contributed by atoms with Crippen LogP contribution in [0.1, 0.15) is 200 Å². The van der Waals surface area contributed by atoms with Gasteiger partial charge in [0, 0.05) is 12.8 Å². The van der Waals surface area contributed by atoms with Gasteiger partial charge < -0.3 is 9.84 Å². The van der Waals surface area contributed by atoms with Crippen LogP contribution in [0.4, 0.5) is 0 Å². The molecule has 0 aromatic carbocycles. The average Bonchev–Trinajstić information content (AvgIpc) is 2.97. The molecule has 0 rings (SSSR count). The number of carbonyl (C=O) groups is 2.